The molecule has 0 aliphatic carbocycles. The van der Waals surface area contributed by atoms with Gasteiger partial charge < -0.3 is 25.2 Å². The van der Waals surface area contributed by atoms with Gasteiger partial charge in [0, 0.05) is 43.8 Å². The number of carbonyl (C=O) groups is 1. The lowest BCUT2D eigenvalue weighted by molar-refractivity contribution is -0.138. The Kier molecular flexibility index (Phi) is 8.49. The maximum Gasteiger partial charge on any atom is 0.419 e. The molecule has 3 aromatic carbocycles. The Labute approximate surface area is 246 Å². The maximum absolute atomic E-state index is 15.1. The molecule has 0 bridgehead atoms. The number of benzene rings is 3. The van der Waals surface area contributed by atoms with Crippen molar-refractivity contribution in [3.05, 3.63) is 94.9 Å². The molecule has 224 valence electrons. The molecule has 12 heteroatoms. The van der Waals surface area contributed by atoms with Crippen molar-refractivity contribution in [1.29, 1.82) is 0 Å². The van der Waals surface area contributed by atoms with Crippen LogP contribution in [0.15, 0.2) is 66.9 Å². The molecule has 5 rings (SSSR count). The van der Waals surface area contributed by atoms with E-state index in [0.29, 0.717) is 30.2 Å². The zero-order valence-electron chi connectivity index (χ0n) is 23.8. The Morgan fingerprint density at radius 1 is 0.953 bits per heavy atom. The number of hydrogen-bond donors (Lipinski definition) is 2. The van der Waals surface area contributed by atoms with Gasteiger partial charge in [-0.05, 0) is 62.4 Å². The molecule has 1 fully saturated rings. The molecule has 8 nitrogen and oxygen atoms in total. The van der Waals surface area contributed by atoms with Crippen LogP contribution in [0.1, 0.15) is 27.0 Å². The maximum atomic E-state index is 15.1. The summed E-state index contributed by atoms with van der Waals surface area (Å²) in [5.41, 5.74) is 1.68. The van der Waals surface area contributed by atoms with Crippen LogP contribution in [0, 0.1) is 19.7 Å². The van der Waals surface area contributed by atoms with E-state index >= 15 is 4.39 Å². The van der Waals surface area contributed by atoms with Gasteiger partial charge in [-0.15, -0.1) is 0 Å². The first-order valence-corrected chi connectivity index (χ1v) is 13.6. The molecule has 0 saturated carbocycles. The second-order valence-corrected chi connectivity index (χ2v) is 10.3. The van der Waals surface area contributed by atoms with Crippen molar-refractivity contribution in [2.75, 3.05) is 48.8 Å². The lowest BCUT2D eigenvalue weighted by Gasteiger charge is -2.34. The summed E-state index contributed by atoms with van der Waals surface area (Å²) in [5.74, 6) is -2.17. The summed E-state index contributed by atoms with van der Waals surface area (Å²) in [5, 5.41) is 5.65. The van der Waals surface area contributed by atoms with E-state index < -0.39 is 35.1 Å². The molecule has 1 saturated heterocycles. The van der Waals surface area contributed by atoms with Crippen molar-refractivity contribution in [2.45, 2.75) is 20.0 Å². The van der Waals surface area contributed by atoms with Gasteiger partial charge in [0.15, 0.2) is 0 Å². The number of amides is 1. The minimum absolute atomic E-state index is 0.102. The first kappa shape index (κ1) is 29.8. The van der Waals surface area contributed by atoms with Gasteiger partial charge in [0.05, 0.1) is 11.3 Å². The molecular formula is C31H30F4N6O2. The predicted molar refractivity (Wildman–Crippen MR) is 157 cm³/mol. The average molecular weight is 595 g/mol. The summed E-state index contributed by atoms with van der Waals surface area (Å²) >= 11 is 0. The van der Waals surface area contributed by atoms with E-state index in [0.717, 1.165) is 42.5 Å². The minimum atomic E-state index is -4.71. The molecule has 43 heavy (non-hydrogen) atoms. The van der Waals surface area contributed by atoms with E-state index in [-0.39, 0.29) is 11.5 Å². The fraction of sp³-hybridized carbons (Fsp3) is 0.258. The van der Waals surface area contributed by atoms with E-state index in [1.165, 1.54) is 18.2 Å². The number of para-hydroxylation sites is 2. The molecule has 0 radical (unpaired) electrons. The SMILES string of the molecule is Cc1cccc(C)c1NC(=O)c1cnc(Nc2ccc(N3CCN(C)CC3)c(F)c2)nc1Oc1ccccc1C(F)(F)F. The number of nitrogens with one attached hydrogen (secondary N) is 2. The van der Waals surface area contributed by atoms with E-state index in [2.05, 4.69) is 25.5 Å². The number of aromatic nitrogens is 2. The zero-order valence-corrected chi connectivity index (χ0v) is 23.8. The summed E-state index contributed by atoms with van der Waals surface area (Å²) in [7, 11) is 2.01. The van der Waals surface area contributed by atoms with Gasteiger partial charge in [-0.25, -0.2) is 9.37 Å². The van der Waals surface area contributed by atoms with Crippen molar-refractivity contribution in [2.24, 2.45) is 0 Å². The number of nitrogens with zero attached hydrogens (tertiary/aromatic N) is 4. The number of anilines is 4. The van der Waals surface area contributed by atoms with Crippen molar-refractivity contribution >= 4 is 28.9 Å². The molecule has 2 heterocycles. The number of rotatable bonds is 7. The van der Waals surface area contributed by atoms with E-state index in [4.69, 9.17) is 4.74 Å². The molecule has 1 aromatic heterocycles. The van der Waals surface area contributed by atoms with E-state index in [9.17, 15) is 18.0 Å². The van der Waals surface area contributed by atoms with Gasteiger partial charge in [-0.3, -0.25) is 4.79 Å². The highest BCUT2D eigenvalue weighted by Gasteiger charge is 2.35. The number of ether oxygens (including phenoxy) is 1. The largest absolute Gasteiger partial charge is 0.437 e. The van der Waals surface area contributed by atoms with Crippen LogP contribution in [-0.4, -0.2) is 54.0 Å². The number of halogens is 4. The van der Waals surface area contributed by atoms with Crippen LogP contribution in [-0.2, 0) is 6.18 Å². The van der Waals surface area contributed by atoms with Crippen LogP contribution in [0.4, 0.5) is 40.6 Å². The fourth-order valence-electron chi connectivity index (χ4n) is 4.76. The van der Waals surface area contributed by atoms with Gasteiger partial charge in [0.25, 0.3) is 5.91 Å². The number of likely N-dealkylation sites (N-methyl/N-ethyl adjacent to an activating group) is 1. The average Bonchev–Trinajstić information content (AvgIpc) is 2.96. The summed E-state index contributed by atoms with van der Waals surface area (Å²) in [4.78, 5) is 25.9. The van der Waals surface area contributed by atoms with Gasteiger partial charge in [0.2, 0.25) is 11.8 Å². The number of piperazine rings is 1. The molecule has 1 aliphatic heterocycles. The lowest BCUT2D eigenvalue weighted by atomic mass is 10.1. The standard InChI is InChI=1S/C31H30F4N6O2/c1-19-7-6-8-20(2)27(19)38-28(42)22-18-36-30(39-29(22)43-26-10-5-4-9-23(26)31(33,34)35)37-21-11-12-25(24(32)17-21)41-15-13-40(3)14-16-41/h4-12,17-18H,13-16H2,1-3H3,(H,38,42)(H,36,37,39). The van der Waals surface area contributed by atoms with Crippen LogP contribution in [0.5, 0.6) is 11.6 Å². The molecule has 0 unspecified atom stereocenters. The molecule has 2 N–H and O–H groups in total. The quantitative estimate of drug-likeness (QED) is 0.228. The molecular weight excluding hydrogens is 564 g/mol. The Morgan fingerprint density at radius 2 is 1.65 bits per heavy atom. The number of hydrogen-bond acceptors (Lipinski definition) is 7. The highest BCUT2D eigenvalue weighted by Crippen LogP contribution is 2.38. The Bertz CT molecular complexity index is 1620. The van der Waals surface area contributed by atoms with Gasteiger partial charge in [-0.2, -0.15) is 18.2 Å². The molecule has 4 aromatic rings. The fourth-order valence-corrected chi connectivity index (χ4v) is 4.76. The van der Waals surface area contributed by atoms with Crippen molar-refractivity contribution in [3.63, 3.8) is 0 Å². The smallest absolute Gasteiger partial charge is 0.419 e. The third-order valence-electron chi connectivity index (χ3n) is 7.16. The van der Waals surface area contributed by atoms with Crippen LogP contribution < -0.4 is 20.3 Å². The summed E-state index contributed by atoms with van der Waals surface area (Å²) in [6.45, 7) is 6.64. The second kappa shape index (κ2) is 12.3. The van der Waals surface area contributed by atoms with Crippen molar-refractivity contribution < 1.29 is 27.1 Å². The minimum Gasteiger partial charge on any atom is -0.437 e. The Hall–Kier alpha value is -4.71. The van der Waals surface area contributed by atoms with Crippen LogP contribution in [0.25, 0.3) is 0 Å². The molecule has 0 spiro atoms. The Balaban J connectivity index is 1.46. The first-order chi connectivity index (χ1) is 20.5. The normalized spacial score (nSPS) is 14.0. The van der Waals surface area contributed by atoms with Crippen LogP contribution in [0.3, 0.4) is 0 Å². The highest BCUT2D eigenvalue weighted by atomic mass is 19.4. The zero-order chi connectivity index (χ0) is 30.7. The number of alkyl halides is 3. The van der Waals surface area contributed by atoms with Crippen molar-refractivity contribution in [1.82, 2.24) is 14.9 Å². The summed E-state index contributed by atoms with van der Waals surface area (Å²) in [6.07, 6.45) is -3.56. The topological polar surface area (TPSA) is 82.6 Å². The van der Waals surface area contributed by atoms with Crippen molar-refractivity contribution in [3.8, 4) is 11.6 Å². The predicted octanol–water partition coefficient (Wildman–Crippen LogP) is 6.79. The van der Waals surface area contributed by atoms with Crippen LogP contribution in [0.2, 0.25) is 0 Å². The third kappa shape index (κ3) is 6.86. The van der Waals surface area contributed by atoms with Crippen LogP contribution >= 0.6 is 0 Å². The summed E-state index contributed by atoms with van der Waals surface area (Å²) in [6, 6.07) is 14.7. The molecule has 1 amide bonds. The first-order valence-electron chi connectivity index (χ1n) is 13.6. The highest BCUT2D eigenvalue weighted by molar-refractivity contribution is 6.06. The molecule has 0 atom stereocenters. The second-order valence-electron chi connectivity index (χ2n) is 10.3. The van der Waals surface area contributed by atoms with E-state index in [1.54, 1.807) is 12.1 Å². The summed E-state index contributed by atoms with van der Waals surface area (Å²) < 4.78 is 61.9. The van der Waals surface area contributed by atoms with Gasteiger partial charge in [0.1, 0.15) is 17.1 Å². The monoisotopic (exact) mass is 594 g/mol. The van der Waals surface area contributed by atoms with E-state index in [1.807, 2.05) is 44.0 Å². The van der Waals surface area contributed by atoms with Gasteiger partial charge >= 0.3 is 6.18 Å². The van der Waals surface area contributed by atoms with Gasteiger partial charge in [-0.1, -0.05) is 30.3 Å². The Morgan fingerprint density at radius 3 is 2.33 bits per heavy atom. The third-order valence-corrected chi connectivity index (χ3v) is 7.16. The lowest BCUT2D eigenvalue weighted by Crippen LogP contribution is -2.44. The number of aryl methyl sites for hydroxylation is 2. The number of carbonyl (C=O) groups excluding carboxylic acids is 1. The molecule has 1 aliphatic rings.